The Morgan fingerprint density at radius 3 is 0.857 bits per heavy atom. The number of rotatable bonds is 0. The van der Waals surface area contributed by atoms with Gasteiger partial charge < -0.3 is 0 Å². The molecule has 0 spiro atoms. The molecule has 0 radical (unpaired) electrons. The molecule has 0 heterocycles. The van der Waals surface area contributed by atoms with E-state index in [0.29, 0.717) is 0 Å². The van der Waals surface area contributed by atoms with E-state index in [0.717, 1.165) is 0 Å². The minimum Gasteiger partial charge on any atom is 0 e. The zero-order valence-electron chi connectivity index (χ0n) is 3.50. The van der Waals surface area contributed by atoms with Crippen molar-refractivity contribution in [1.82, 2.24) is 0 Å². The first-order valence-electron chi connectivity index (χ1n) is 0.894. The van der Waals surface area contributed by atoms with Gasteiger partial charge in [-0.2, -0.15) is 0 Å². The summed E-state index contributed by atoms with van der Waals surface area (Å²) in [7, 11) is 0. The third kappa shape index (κ3) is 69.7. The molecule has 38 valence electrons. The molecule has 0 unspecified atom stereocenters. The van der Waals surface area contributed by atoms with E-state index >= 15 is 0 Å². The molecule has 7 heteroatoms. The minimum absolute atomic E-state index is 0. The Labute approximate surface area is 77.7 Å². The summed E-state index contributed by atoms with van der Waals surface area (Å²) in [5.41, 5.74) is 0. The second kappa shape index (κ2) is 6.18. The maximum Gasteiger partial charge on any atom is 0 e. The van der Waals surface area contributed by atoms with Crippen LogP contribution < -0.4 is 0 Å². The van der Waals surface area contributed by atoms with Crippen molar-refractivity contribution in [1.29, 1.82) is 0 Å². The fraction of sp³-hybridized carbons (Fsp3) is 0. The Kier molecular flexibility index (Phi) is 14.2. The van der Waals surface area contributed by atoms with Gasteiger partial charge in [0.15, 0.2) is 0 Å². The molecule has 0 aliphatic carbocycles. The molecule has 0 fully saturated rings. The van der Waals surface area contributed by atoms with E-state index in [1.54, 1.807) is 0 Å². The Morgan fingerprint density at radius 1 is 0.857 bits per heavy atom. The molecule has 0 bridgehead atoms. The van der Waals surface area contributed by atoms with Gasteiger partial charge in [-0.3, -0.25) is 0 Å². The second-order valence-corrected chi connectivity index (χ2v) is 2.47. The van der Waals surface area contributed by atoms with E-state index in [9.17, 15) is 0 Å². The zero-order chi connectivity index (χ0) is 4.50. The van der Waals surface area contributed by atoms with Gasteiger partial charge in [-0.05, 0) is 0 Å². The maximum absolute atomic E-state index is 7.38. The first kappa shape index (κ1) is 16.0. The fourth-order valence-corrected chi connectivity index (χ4v) is 0. The molecule has 0 rings (SSSR count). The predicted octanol–water partition coefficient (Wildman–Crippen LogP) is -2.24. The van der Waals surface area contributed by atoms with Crippen molar-refractivity contribution < 1.29 is 78.6 Å². The van der Waals surface area contributed by atoms with Crippen LogP contribution >= 0.6 is 0 Å². The predicted molar refractivity (Wildman–Crippen MR) is 8.88 cm³/mol. The summed E-state index contributed by atoms with van der Waals surface area (Å²) in [6.45, 7) is 0. The summed E-state index contributed by atoms with van der Waals surface area (Å²) in [6.07, 6.45) is 0. The van der Waals surface area contributed by atoms with Crippen LogP contribution in [0.4, 0.5) is 0 Å². The Morgan fingerprint density at radius 2 is 0.857 bits per heavy atom. The quantitative estimate of drug-likeness (QED) is 0.376. The molecule has 0 aromatic carbocycles. The largest absolute Gasteiger partial charge is 0 e. The first-order chi connectivity index (χ1) is 2.00. The summed E-state index contributed by atoms with van der Waals surface area (Å²) in [5, 5.41) is 0. The summed E-state index contributed by atoms with van der Waals surface area (Å²) < 4.78 is 29.5. The SMILES string of the molecule is [OH][Ti]([OH])([OH])[OH].[Zn].[Zr]. The van der Waals surface area contributed by atoms with Gasteiger partial charge in [0.05, 0.1) is 0 Å². The number of hydrogen-bond donors (Lipinski definition) is 4. The molecule has 0 aromatic rings. The van der Waals surface area contributed by atoms with Crippen LogP contribution in [-0.2, 0) is 63.8 Å². The summed E-state index contributed by atoms with van der Waals surface area (Å²) in [4.78, 5) is 0. The maximum atomic E-state index is 7.38. The van der Waals surface area contributed by atoms with Crippen molar-refractivity contribution >= 4 is 0 Å². The van der Waals surface area contributed by atoms with Crippen LogP contribution in [0.25, 0.3) is 0 Å². The molecular formula is H4O4TiZnZr. The van der Waals surface area contributed by atoms with Gasteiger partial charge in [0.1, 0.15) is 0 Å². The zero-order valence-corrected chi connectivity index (χ0v) is 10.5. The summed E-state index contributed by atoms with van der Waals surface area (Å²) in [6, 6.07) is 0. The van der Waals surface area contributed by atoms with E-state index < -0.39 is 18.1 Å². The fourth-order valence-electron chi connectivity index (χ4n) is 0. The van der Waals surface area contributed by atoms with Crippen molar-refractivity contribution in [2.75, 3.05) is 0 Å². The third-order valence-corrected chi connectivity index (χ3v) is 0. The van der Waals surface area contributed by atoms with Crippen LogP contribution in [-0.4, -0.2) is 14.8 Å². The average molecular weight is 273 g/mol. The van der Waals surface area contributed by atoms with Crippen molar-refractivity contribution in [3.63, 3.8) is 0 Å². The standard InChI is InChI=1S/4H2O.Ti.Zn.Zr/h4*1H2;;;/q;;;;+4;;/p-4. The molecule has 0 saturated heterocycles. The van der Waals surface area contributed by atoms with Gasteiger partial charge >= 0.3 is 32.9 Å². The monoisotopic (exact) mass is 270 g/mol. The second-order valence-electron chi connectivity index (χ2n) is 0.600. The Hall–Kier alpha value is 2.06. The third-order valence-electron chi connectivity index (χ3n) is 0. The van der Waals surface area contributed by atoms with E-state index in [-0.39, 0.29) is 45.7 Å². The van der Waals surface area contributed by atoms with E-state index in [1.807, 2.05) is 0 Å². The molecule has 7 heavy (non-hydrogen) atoms. The van der Waals surface area contributed by atoms with Crippen LogP contribution in [0.1, 0.15) is 0 Å². The van der Waals surface area contributed by atoms with Crippen molar-refractivity contribution in [2.24, 2.45) is 0 Å². The molecule has 4 nitrogen and oxygen atoms in total. The molecule has 0 atom stereocenters. The van der Waals surface area contributed by atoms with Gasteiger partial charge in [-0.25, -0.2) is 0 Å². The molecule has 0 saturated carbocycles. The topological polar surface area (TPSA) is 80.9 Å². The number of hydrogen-bond acceptors (Lipinski definition) is 4. The molecule has 4 N–H and O–H groups in total. The summed E-state index contributed by atoms with van der Waals surface area (Å²) >= 11 is -5.00. The minimum atomic E-state index is -5.00. The van der Waals surface area contributed by atoms with E-state index in [2.05, 4.69) is 0 Å². The van der Waals surface area contributed by atoms with Crippen molar-refractivity contribution in [3.8, 4) is 0 Å². The van der Waals surface area contributed by atoms with E-state index in [4.69, 9.17) is 14.8 Å². The van der Waals surface area contributed by atoms with Crippen LogP contribution in [0.3, 0.4) is 0 Å². The van der Waals surface area contributed by atoms with Gasteiger partial charge in [0, 0.05) is 45.7 Å². The van der Waals surface area contributed by atoms with Gasteiger partial charge in [-0.1, -0.05) is 0 Å². The summed E-state index contributed by atoms with van der Waals surface area (Å²) in [5.74, 6) is 0. The van der Waals surface area contributed by atoms with Gasteiger partial charge in [0.2, 0.25) is 0 Å². The molecular weight excluding hydrogens is 268 g/mol. The van der Waals surface area contributed by atoms with Crippen LogP contribution in [0.5, 0.6) is 0 Å². The van der Waals surface area contributed by atoms with Gasteiger partial charge in [0.25, 0.3) is 0 Å². The van der Waals surface area contributed by atoms with Crippen LogP contribution in [0.2, 0.25) is 0 Å². The van der Waals surface area contributed by atoms with Crippen molar-refractivity contribution in [2.45, 2.75) is 0 Å². The normalized spacial score (nSPS) is 8.57. The first-order valence-corrected chi connectivity index (χ1v) is 3.69. The Bertz CT molecular complexity index is 27.2. The molecule has 0 aromatic heterocycles. The van der Waals surface area contributed by atoms with Gasteiger partial charge in [-0.15, -0.1) is 0 Å². The van der Waals surface area contributed by atoms with Crippen molar-refractivity contribution in [3.05, 3.63) is 0 Å². The average Bonchev–Trinajstić information content (AvgIpc) is 0.722. The Balaban J connectivity index is -0.0000000800. The smallest absolute Gasteiger partial charge is 0 e. The van der Waals surface area contributed by atoms with Crippen LogP contribution in [0.15, 0.2) is 0 Å². The van der Waals surface area contributed by atoms with E-state index in [1.165, 1.54) is 0 Å². The molecule has 0 aliphatic rings. The molecule has 0 aliphatic heterocycles. The molecule has 0 amide bonds. The van der Waals surface area contributed by atoms with Crippen LogP contribution in [0, 0.1) is 0 Å².